The number of rotatable bonds is 21. The maximum absolute atomic E-state index is 14.2. The molecule has 0 radical (unpaired) electrons. The Hall–Kier alpha value is -6.09. The van der Waals surface area contributed by atoms with Crippen LogP contribution < -0.4 is 31.9 Å². The number of thiazole rings is 1. The topological polar surface area (TPSA) is 197 Å². The summed E-state index contributed by atoms with van der Waals surface area (Å²) in [6.45, 7) is 7.60. The molecule has 0 spiro atoms. The van der Waals surface area contributed by atoms with Crippen LogP contribution in [0.1, 0.15) is 57.2 Å². The van der Waals surface area contributed by atoms with Gasteiger partial charge in [-0.2, -0.15) is 0 Å². The number of benzene rings is 3. The van der Waals surface area contributed by atoms with Crippen molar-refractivity contribution in [3.05, 3.63) is 119 Å². The van der Waals surface area contributed by atoms with Gasteiger partial charge in [0.15, 0.2) is 5.13 Å². The Bertz CT molecular complexity index is 1950. The monoisotopic (exact) mass is 825 g/mol. The van der Waals surface area contributed by atoms with Crippen molar-refractivity contribution in [3.63, 3.8) is 0 Å². The highest BCUT2D eigenvalue weighted by Crippen LogP contribution is 2.14. The molecule has 0 aliphatic carbocycles. The highest BCUT2D eigenvalue weighted by molar-refractivity contribution is 7.13. The first-order valence-corrected chi connectivity index (χ1v) is 20.6. The first kappa shape index (κ1) is 45.6. The lowest BCUT2D eigenvalue weighted by Gasteiger charge is -2.28. The number of urea groups is 1. The highest BCUT2D eigenvalue weighted by Gasteiger charge is 2.33. The molecule has 4 aromatic rings. The van der Waals surface area contributed by atoms with Crippen LogP contribution in [0.2, 0.25) is 0 Å². The Morgan fingerprint density at radius 3 is 1.31 bits per heavy atom. The predicted octanol–water partition coefficient (Wildman–Crippen LogP) is 4.57. The van der Waals surface area contributed by atoms with Gasteiger partial charge in [0.2, 0.25) is 23.6 Å². The third kappa shape index (κ3) is 15.6. The van der Waals surface area contributed by atoms with Crippen molar-refractivity contribution in [2.24, 2.45) is 11.8 Å². The fourth-order valence-electron chi connectivity index (χ4n) is 6.38. The van der Waals surface area contributed by atoms with Crippen molar-refractivity contribution in [1.29, 1.82) is 0 Å². The molecule has 15 heteroatoms. The number of carbonyl (C=O) groups excluding carboxylic acids is 6. The zero-order valence-corrected chi connectivity index (χ0v) is 34.9. The van der Waals surface area contributed by atoms with Crippen molar-refractivity contribution in [1.82, 2.24) is 31.6 Å². The minimum Gasteiger partial charge on any atom is -0.467 e. The SMILES string of the molecule is COC(=O)[C@H](Cc1ccccc1)NC(=O)[C@@H](CC(C)C)NC(=O)[C@H](Cc1ccccc1)NC(=O)[C@@H](CC(C)C)NC(=O)[C@H](Cc1ccccc1)NC(=O)Nc1nccs1. The van der Waals surface area contributed by atoms with Crippen molar-refractivity contribution in [2.45, 2.75) is 90.0 Å². The molecule has 5 atom stereocenters. The van der Waals surface area contributed by atoms with E-state index in [2.05, 4.69) is 36.9 Å². The number of ether oxygens (including phenoxy) is 1. The normalized spacial score (nSPS) is 13.5. The second-order valence-electron chi connectivity index (χ2n) is 15.1. The van der Waals surface area contributed by atoms with Crippen LogP contribution in [0.5, 0.6) is 0 Å². The molecular weight excluding hydrogens is 771 g/mol. The van der Waals surface area contributed by atoms with Gasteiger partial charge in [-0.25, -0.2) is 14.6 Å². The third-order valence-electron chi connectivity index (χ3n) is 9.24. The molecule has 0 bridgehead atoms. The summed E-state index contributed by atoms with van der Waals surface area (Å²) in [5.41, 5.74) is 2.33. The number of methoxy groups -OCH3 is 1. The van der Waals surface area contributed by atoms with Crippen LogP contribution >= 0.6 is 11.3 Å². The minimum atomic E-state index is -1.16. The van der Waals surface area contributed by atoms with Crippen LogP contribution in [0.25, 0.3) is 0 Å². The van der Waals surface area contributed by atoms with E-state index in [1.54, 1.807) is 11.6 Å². The van der Waals surface area contributed by atoms with Crippen molar-refractivity contribution >= 4 is 52.1 Å². The summed E-state index contributed by atoms with van der Waals surface area (Å²) in [6.07, 6.45) is 2.38. The van der Waals surface area contributed by atoms with Gasteiger partial charge in [-0.15, -0.1) is 11.3 Å². The van der Waals surface area contributed by atoms with Gasteiger partial charge in [0.25, 0.3) is 0 Å². The second-order valence-corrected chi connectivity index (χ2v) is 16.0. The maximum atomic E-state index is 14.2. The number of carbonyl (C=O) groups is 6. The molecule has 14 nitrogen and oxygen atoms in total. The Morgan fingerprint density at radius 1 is 0.542 bits per heavy atom. The molecule has 0 fully saturated rings. The van der Waals surface area contributed by atoms with E-state index in [0.717, 1.165) is 16.7 Å². The van der Waals surface area contributed by atoms with E-state index in [4.69, 9.17) is 4.74 Å². The van der Waals surface area contributed by atoms with E-state index in [-0.39, 0.29) is 43.9 Å². The number of nitrogens with one attached hydrogen (secondary N) is 6. The number of nitrogens with zero attached hydrogens (tertiary/aromatic N) is 1. The third-order valence-corrected chi connectivity index (χ3v) is 9.93. The molecule has 0 unspecified atom stereocenters. The summed E-state index contributed by atoms with van der Waals surface area (Å²) in [5.74, 6) is -3.15. The number of hydrogen-bond acceptors (Lipinski definition) is 9. The van der Waals surface area contributed by atoms with E-state index in [9.17, 15) is 28.8 Å². The number of amides is 6. The molecule has 314 valence electrons. The Kier molecular flexibility index (Phi) is 18.0. The van der Waals surface area contributed by atoms with Gasteiger partial charge in [-0.3, -0.25) is 24.5 Å². The van der Waals surface area contributed by atoms with Gasteiger partial charge in [0.05, 0.1) is 7.11 Å². The molecule has 1 aromatic heterocycles. The summed E-state index contributed by atoms with van der Waals surface area (Å²) in [4.78, 5) is 86.1. The summed E-state index contributed by atoms with van der Waals surface area (Å²) >= 11 is 1.22. The lowest BCUT2D eigenvalue weighted by atomic mass is 9.98. The lowest BCUT2D eigenvalue weighted by Crippen LogP contribution is -2.60. The molecule has 6 N–H and O–H groups in total. The molecular formula is C44H55N7O7S. The molecule has 0 saturated heterocycles. The zero-order chi connectivity index (χ0) is 42.7. The fourth-order valence-corrected chi connectivity index (χ4v) is 6.90. The lowest BCUT2D eigenvalue weighted by molar-refractivity contribution is -0.145. The van der Waals surface area contributed by atoms with Crippen LogP contribution in [0.15, 0.2) is 103 Å². The van der Waals surface area contributed by atoms with Crippen molar-refractivity contribution < 1.29 is 33.5 Å². The molecule has 59 heavy (non-hydrogen) atoms. The summed E-state index contributed by atoms with van der Waals surface area (Å²) < 4.78 is 4.99. The van der Waals surface area contributed by atoms with E-state index in [1.165, 1.54) is 18.4 Å². The standard InChI is InChI=1S/C44H55N7O7S/c1-28(2)23-33(47-41(55)36(26-31-17-11-7-12-18-31)50-43(57)51-44-45-21-22-59-44)38(52)48-35(25-30-15-9-6-10-16-30)40(54)46-34(24-29(3)4)39(53)49-37(42(56)58-5)27-32-19-13-8-14-20-32/h6-22,28-29,33-37H,23-27H2,1-5H3,(H,46,54)(H,47,55)(H,48,52)(H,49,53)(H2,45,50,51,57)/t33-,34-,35+,36+,37+/m1/s1. The van der Waals surface area contributed by atoms with Gasteiger partial charge in [-0.05, 0) is 41.4 Å². The van der Waals surface area contributed by atoms with Crippen LogP contribution in [0.3, 0.4) is 0 Å². The fraction of sp³-hybridized carbons (Fsp3) is 0.386. The number of hydrogen-bond donors (Lipinski definition) is 6. The molecule has 1 heterocycles. The first-order valence-electron chi connectivity index (χ1n) is 19.7. The average Bonchev–Trinajstić information content (AvgIpc) is 3.73. The van der Waals surface area contributed by atoms with Crippen LogP contribution in [0, 0.1) is 11.8 Å². The Balaban J connectivity index is 1.55. The zero-order valence-electron chi connectivity index (χ0n) is 34.1. The largest absolute Gasteiger partial charge is 0.467 e. The number of anilines is 1. The van der Waals surface area contributed by atoms with Gasteiger partial charge in [0.1, 0.15) is 30.2 Å². The van der Waals surface area contributed by atoms with Crippen molar-refractivity contribution in [3.8, 4) is 0 Å². The molecule has 3 aromatic carbocycles. The maximum Gasteiger partial charge on any atom is 0.328 e. The quantitative estimate of drug-likeness (QED) is 0.0658. The molecule has 0 aliphatic rings. The van der Waals surface area contributed by atoms with Gasteiger partial charge < -0.3 is 31.3 Å². The number of esters is 1. The van der Waals surface area contributed by atoms with E-state index >= 15 is 0 Å². The Labute approximate surface area is 349 Å². The first-order chi connectivity index (χ1) is 28.3. The predicted molar refractivity (Wildman–Crippen MR) is 227 cm³/mol. The second kappa shape index (κ2) is 23.3. The van der Waals surface area contributed by atoms with Gasteiger partial charge in [0, 0.05) is 30.8 Å². The molecule has 6 amide bonds. The van der Waals surface area contributed by atoms with E-state index in [0.29, 0.717) is 5.13 Å². The summed E-state index contributed by atoms with van der Waals surface area (Å²) in [6, 6.07) is 21.4. The molecule has 0 saturated carbocycles. The summed E-state index contributed by atoms with van der Waals surface area (Å²) in [5, 5.41) is 18.7. The Morgan fingerprint density at radius 2 is 0.915 bits per heavy atom. The molecule has 0 aliphatic heterocycles. The van der Waals surface area contributed by atoms with Crippen molar-refractivity contribution in [2.75, 3.05) is 12.4 Å². The average molecular weight is 826 g/mol. The van der Waals surface area contributed by atoms with Gasteiger partial charge in [-0.1, -0.05) is 119 Å². The van der Waals surface area contributed by atoms with Crippen LogP contribution in [-0.4, -0.2) is 77.9 Å². The van der Waals surface area contributed by atoms with E-state index in [1.807, 2.05) is 119 Å². The van der Waals surface area contributed by atoms with Crippen LogP contribution in [0.4, 0.5) is 9.93 Å². The van der Waals surface area contributed by atoms with Crippen LogP contribution in [-0.2, 0) is 48.0 Å². The minimum absolute atomic E-state index is 0.0364. The van der Waals surface area contributed by atoms with Gasteiger partial charge >= 0.3 is 12.0 Å². The summed E-state index contributed by atoms with van der Waals surface area (Å²) in [7, 11) is 1.24. The highest BCUT2D eigenvalue weighted by atomic mass is 32.1. The molecule has 4 rings (SSSR count). The van der Waals surface area contributed by atoms with E-state index < -0.39 is 65.8 Å². The number of aromatic nitrogens is 1. The smallest absolute Gasteiger partial charge is 0.328 e.